The first-order valence-electron chi connectivity index (χ1n) is 6.39. The van der Waals surface area contributed by atoms with E-state index in [9.17, 15) is 0 Å². The van der Waals surface area contributed by atoms with E-state index in [1.165, 1.54) is 5.56 Å². The number of hydrogen-bond donors (Lipinski definition) is 1. The van der Waals surface area contributed by atoms with Crippen LogP contribution in [0.2, 0.25) is 0 Å². The van der Waals surface area contributed by atoms with Crippen LogP contribution in [0.5, 0.6) is 17.2 Å². The molecule has 2 aromatic rings. The average Bonchev–Trinajstić information content (AvgIpc) is 2.44. The van der Waals surface area contributed by atoms with Crippen molar-refractivity contribution >= 4 is 15.9 Å². The van der Waals surface area contributed by atoms with Crippen molar-refractivity contribution in [2.45, 2.75) is 13.5 Å². The van der Waals surface area contributed by atoms with E-state index in [4.69, 9.17) is 9.47 Å². The molecule has 0 aliphatic rings. The molecule has 106 valence electrons. The number of benzene rings is 2. The summed E-state index contributed by atoms with van der Waals surface area (Å²) in [5.74, 6) is 2.43. The Morgan fingerprint density at radius 2 is 1.90 bits per heavy atom. The molecule has 0 radical (unpaired) electrons. The molecule has 0 spiro atoms. The standard InChI is InChI=1S/C16H18BrNO2/c1-11-4-5-12(10-18-2)8-16(11)20-15-7-6-13(19-3)9-14(15)17/h4-9,18H,10H2,1-3H3. The van der Waals surface area contributed by atoms with Crippen LogP contribution in [-0.2, 0) is 6.54 Å². The minimum Gasteiger partial charge on any atom is -0.497 e. The Bertz CT molecular complexity index is 599. The molecule has 0 heterocycles. The van der Waals surface area contributed by atoms with Gasteiger partial charge in [0, 0.05) is 6.54 Å². The van der Waals surface area contributed by atoms with E-state index in [1.54, 1.807) is 7.11 Å². The number of nitrogens with one attached hydrogen (secondary N) is 1. The van der Waals surface area contributed by atoms with E-state index in [1.807, 2.05) is 32.2 Å². The molecule has 0 unspecified atom stereocenters. The van der Waals surface area contributed by atoms with Crippen molar-refractivity contribution in [2.75, 3.05) is 14.2 Å². The number of hydrogen-bond acceptors (Lipinski definition) is 3. The molecule has 0 aliphatic heterocycles. The van der Waals surface area contributed by atoms with Gasteiger partial charge in [-0.25, -0.2) is 0 Å². The van der Waals surface area contributed by atoms with Gasteiger partial charge < -0.3 is 14.8 Å². The molecule has 0 fully saturated rings. The largest absolute Gasteiger partial charge is 0.497 e. The predicted molar refractivity (Wildman–Crippen MR) is 84.7 cm³/mol. The fraction of sp³-hybridized carbons (Fsp3) is 0.250. The Kier molecular flexibility index (Phi) is 5.04. The van der Waals surface area contributed by atoms with Gasteiger partial charge in [0.1, 0.15) is 17.2 Å². The zero-order valence-electron chi connectivity index (χ0n) is 11.9. The fourth-order valence-electron chi connectivity index (χ4n) is 1.88. The summed E-state index contributed by atoms with van der Waals surface area (Å²) in [5, 5.41) is 3.14. The summed E-state index contributed by atoms with van der Waals surface area (Å²) in [7, 11) is 3.58. The molecular formula is C16H18BrNO2. The number of rotatable bonds is 5. The summed E-state index contributed by atoms with van der Waals surface area (Å²) in [5.41, 5.74) is 2.30. The second-order valence-corrected chi connectivity index (χ2v) is 5.38. The van der Waals surface area contributed by atoms with E-state index in [0.29, 0.717) is 0 Å². The van der Waals surface area contributed by atoms with Gasteiger partial charge in [-0.3, -0.25) is 0 Å². The van der Waals surface area contributed by atoms with Crippen LogP contribution < -0.4 is 14.8 Å². The third kappa shape index (κ3) is 3.52. The summed E-state index contributed by atoms with van der Waals surface area (Å²) >= 11 is 3.50. The third-order valence-corrected chi connectivity index (χ3v) is 3.61. The number of aryl methyl sites for hydroxylation is 1. The van der Waals surface area contributed by atoms with Crippen molar-refractivity contribution in [3.63, 3.8) is 0 Å². The first-order chi connectivity index (χ1) is 9.63. The average molecular weight is 336 g/mol. The summed E-state index contributed by atoms with van der Waals surface area (Å²) in [6.45, 7) is 2.86. The second-order valence-electron chi connectivity index (χ2n) is 4.53. The zero-order chi connectivity index (χ0) is 14.5. The molecule has 0 atom stereocenters. The summed E-state index contributed by atoms with van der Waals surface area (Å²) in [4.78, 5) is 0. The Balaban J connectivity index is 2.27. The van der Waals surface area contributed by atoms with Crippen molar-refractivity contribution in [2.24, 2.45) is 0 Å². The minimum atomic E-state index is 0.774. The summed E-state index contributed by atoms with van der Waals surface area (Å²) in [6, 6.07) is 11.9. The molecule has 0 aliphatic carbocycles. The van der Waals surface area contributed by atoms with Crippen molar-refractivity contribution in [3.8, 4) is 17.2 Å². The normalized spacial score (nSPS) is 10.4. The van der Waals surface area contributed by atoms with Crippen LogP contribution in [0.25, 0.3) is 0 Å². The van der Waals surface area contributed by atoms with Gasteiger partial charge in [0.25, 0.3) is 0 Å². The highest BCUT2D eigenvalue weighted by Crippen LogP contribution is 2.34. The van der Waals surface area contributed by atoms with E-state index >= 15 is 0 Å². The van der Waals surface area contributed by atoms with E-state index in [2.05, 4.69) is 39.4 Å². The van der Waals surface area contributed by atoms with Crippen LogP contribution in [0.3, 0.4) is 0 Å². The van der Waals surface area contributed by atoms with Crippen LogP contribution in [-0.4, -0.2) is 14.2 Å². The van der Waals surface area contributed by atoms with Crippen molar-refractivity contribution in [1.29, 1.82) is 0 Å². The highest BCUT2D eigenvalue weighted by molar-refractivity contribution is 9.10. The van der Waals surface area contributed by atoms with Gasteiger partial charge in [-0.05, 0) is 65.3 Å². The van der Waals surface area contributed by atoms with Crippen LogP contribution in [0.15, 0.2) is 40.9 Å². The van der Waals surface area contributed by atoms with Gasteiger partial charge in [0.05, 0.1) is 11.6 Å². The maximum absolute atomic E-state index is 6.00. The highest BCUT2D eigenvalue weighted by Gasteiger charge is 2.07. The lowest BCUT2D eigenvalue weighted by atomic mass is 10.1. The SMILES string of the molecule is CNCc1ccc(C)c(Oc2ccc(OC)cc2Br)c1. The van der Waals surface area contributed by atoms with Gasteiger partial charge in [0.2, 0.25) is 0 Å². The molecular weight excluding hydrogens is 318 g/mol. The zero-order valence-corrected chi connectivity index (χ0v) is 13.5. The molecule has 0 saturated heterocycles. The third-order valence-electron chi connectivity index (χ3n) is 2.99. The van der Waals surface area contributed by atoms with Gasteiger partial charge >= 0.3 is 0 Å². The minimum absolute atomic E-state index is 0.774. The first kappa shape index (κ1) is 14.9. The molecule has 20 heavy (non-hydrogen) atoms. The van der Waals surface area contributed by atoms with Crippen LogP contribution >= 0.6 is 15.9 Å². The monoisotopic (exact) mass is 335 g/mol. The number of methoxy groups -OCH3 is 1. The quantitative estimate of drug-likeness (QED) is 0.884. The van der Waals surface area contributed by atoms with E-state index < -0.39 is 0 Å². The molecule has 0 aromatic heterocycles. The summed E-state index contributed by atoms with van der Waals surface area (Å²) < 4.78 is 12.0. The number of halogens is 1. The molecule has 3 nitrogen and oxygen atoms in total. The topological polar surface area (TPSA) is 30.5 Å². The van der Waals surface area contributed by atoms with Crippen molar-refractivity contribution < 1.29 is 9.47 Å². The second kappa shape index (κ2) is 6.77. The molecule has 0 amide bonds. The van der Waals surface area contributed by atoms with E-state index in [-0.39, 0.29) is 0 Å². The highest BCUT2D eigenvalue weighted by atomic mass is 79.9. The molecule has 0 saturated carbocycles. The fourth-order valence-corrected chi connectivity index (χ4v) is 2.32. The molecule has 0 bridgehead atoms. The van der Waals surface area contributed by atoms with E-state index in [0.717, 1.165) is 33.8 Å². The van der Waals surface area contributed by atoms with Gasteiger partial charge in [0.15, 0.2) is 0 Å². The van der Waals surface area contributed by atoms with Crippen LogP contribution in [0.1, 0.15) is 11.1 Å². The lowest BCUT2D eigenvalue weighted by Crippen LogP contribution is -2.05. The van der Waals surface area contributed by atoms with Crippen molar-refractivity contribution in [3.05, 3.63) is 52.0 Å². The lowest BCUT2D eigenvalue weighted by Gasteiger charge is -2.12. The van der Waals surface area contributed by atoms with Gasteiger partial charge in [-0.2, -0.15) is 0 Å². The van der Waals surface area contributed by atoms with Gasteiger partial charge in [-0.1, -0.05) is 12.1 Å². The Morgan fingerprint density at radius 1 is 1.10 bits per heavy atom. The molecule has 4 heteroatoms. The Hall–Kier alpha value is -1.52. The van der Waals surface area contributed by atoms with Crippen LogP contribution in [0.4, 0.5) is 0 Å². The first-order valence-corrected chi connectivity index (χ1v) is 7.19. The maximum Gasteiger partial charge on any atom is 0.141 e. The lowest BCUT2D eigenvalue weighted by molar-refractivity contribution is 0.412. The van der Waals surface area contributed by atoms with Gasteiger partial charge in [-0.15, -0.1) is 0 Å². The van der Waals surface area contributed by atoms with Crippen LogP contribution in [0, 0.1) is 6.92 Å². The molecule has 2 rings (SSSR count). The Labute approximate surface area is 128 Å². The summed E-state index contributed by atoms with van der Waals surface area (Å²) in [6.07, 6.45) is 0. The predicted octanol–water partition coefficient (Wildman–Crippen LogP) is 4.28. The Morgan fingerprint density at radius 3 is 2.55 bits per heavy atom. The molecule has 1 N–H and O–H groups in total. The number of ether oxygens (including phenoxy) is 2. The smallest absolute Gasteiger partial charge is 0.141 e. The molecule has 2 aromatic carbocycles. The van der Waals surface area contributed by atoms with Crippen molar-refractivity contribution in [1.82, 2.24) is 5.32 Å². The maximum atomic E-state index is 6.00.